The number of halogens is 1. The van der Waals surface area contributed by atoms with E-state index in [1.807, 2.05) is 29.5 Å². The molecule has 0 aliphatic carbocycles. The molecule has 1 aliphatic heterocycles. The lowest BCUT2D eigenvalue weighted by Crippen LogP contribution is -2.41. The van der Waals surface area contributed by atoms with Gasteiger partial charge in [0.15, 0.2) is 5.65 Å². The summed E-state index contributed by atoms with van der Waals surface area (Å²) in [6.07, 6.45) is 1.72. The fourth-order valence-corrected chi connectivity index (χ4v) is 3.63. The van der Waals surface area contributed by atoms with Gasteiger partial charge in [-0.3, -0.25) is 9.20 Å². The summed E-state index contributed by atoms with van der Waals surface area (Å²) in [6, 6.07) is 10.5. The number of anilines is 2. The quantitative estimate of drug-likeness (QED) is 0.771. The van der Waals surface area contributed by atoms with Crippen LogP contribution in [0.4, 0.5) is 16.0 Å². The molecule has 140 valence electrons. The number of piperidine rings is 1. The van der Waals surface area contributed by atoms with E-state index in [9.17, 15) is 9.18 Å². The number of fused-ring (bicyclic) bond motifs is 1. The van der Waals surface area contributed by atoms with Crippen LogP contribution in [0.1, 0.15) is 24.1 Å². The topological polar surface area (TPSA) is 62.5 Å². The Balaban J connectivity index is 1.52. The van der Waals surface area contributed by atoms with Crippen LogP contribution in [0, 0.1) is 25.6 Å². The molecule has 1 fully saturated rings. The maximum Gasteiger partial charge on any atom is 0.231 e. The Morgan fingerprint density at radius 3 is 2.89 bits per heavy atom. The molecule has 3 aromatic rings. The van der Waals surface area contributed by atoms with E-state index in [-0.39, 0.29) is 17.6 Å². The van der Waals surface area contributed by atoms with Gasteiger partial charge in [-0.25, -0.2) is 4.39 Å². The Hall–Kier alpha value is -2.96. The zero-order valence-electron chi connectivity index (χ0n) is 15.4. The molecule has 1 N–H and O–H groups in total. The van der Waals surface area contributed by atoms with Crippen LogP contribution in [0.15, 0.2) is 36.4 Å². The molecule has 0 spiro atoms. The third kappa shape index (κ3) is 3.37. The second kappa shape index (κ2) is 6.98. The van der Waals surface area contributed by atoms with Crippen LogP contribution < -0.4 is 10.2 Å². The lowest BCUT2D eigenvalue weighted by molar-refractivity contribution is -0.120. The van der Waals surface area contributed by atoms with Crippen LogP contribution in [0.3, 0.4) is 0 Å². The lowest BCUT2D eigenvalue weighted by Gasteiger charge is -2.32. The van der Waals surface area contributed by atoms with Crippen molar-refractivity contribution in [3.05, 3.63) is 53.5 Å². The van der Waals surface area contributed by atoms with Gasteiger partial charge in [-0.1, -0.05) is 6.07 Å². The van der Waals surface area contributed by atoms with Crippen molar-refractivity contribution in [2.75, 3.05) is 23.3 Å². The number of carbonyl (C=O) groups excluding carboxylic acids is 1. The SMILES string of the molecule is Cc1cc(NC(=O)C2CCCN(c3nnc4cccc(C)n34)C2)ccc1F. The first-order valence-electron chi connectivity index (χ1n) is 9.15. The van der Waals surface area contributed by atoms with Crippen LogP contribution in [0.2, 0.25) is 0 Å². The standard InChI is InChI=1S/C20H22FN5O/c1-13-11-16(8-9-17(13)21)22-19(27)15-6-4-10-25(12-15)20-24-23-18-7-3-5-14(2)26(18)20/h3,5,7-9,11,15H,4,6,10,12H2,1-2H3,(H,22,27). The number of hydrogen-bond acceptors (Lipinski definition) is 4. The average molecular weight is 367 g/mol. The van der Waals surface area contributed by atoms with Crippen LogP contribution in [0.5, 0.6) is 0 Å². The second-order valence-electron chi connectivity index (χ2n) is 7.10. The Labute approximate surface area is 157 Å². The average Bonchev–Trinajstić information content (AvgIpc) is 3.10. The van der Waals surface area contributed by atoms with E-state index in [1.54, 1.807) is 19.1 Å². The first kappa shape index (κ1) is 17.5. The van der Waals surface area contributed by atoms with E-state index in [2.05, 4.69) is 20.4 Å². The van der Waals surface area contributed by atoms with E-state index in [1.165, 1.54) is 6.07 Å². The minimum absolute atomic E-state index is 0.0451. The molecule has 0 bridgehead atoms. The summed E-state index contributed by atoms with van der Waals surface area (Å²) in [5, 5.41) is 11.5. The van der Waals surface area contributed by atoms with Crippen molar-refractivity contribution in [1.82, 2.24) is 14.6 Å². The Kier molecular flexibility index (Phi) is 4.51. The zero-order valence-corrected chi connectivity index (χ0v) is 15.4. The highest BCUT2D eigenvalue weighted by molar-refractivity contribution is 5.93. The first-order chi connectivity index (χ1) is 13.0. The van der Waals surface area contributed by atoms with Gasteiger partial charge in [0.25, 0.3) is 0 Å². The number of amides is 1. The van der Waals surface area contributed by atoms with Crippen LogP contribution in [0.25, 0.3) is 5.65 Å². The Morgan fingerprint density at radius 1 is 1.22 bits per heavy atom. The number of nitrogens with one attached hydrogen (secondary N) is 1. The third-order valence-electron chi connectivity index (χ3n) is 5.11. The number of hydrogen-bond donors (Lipinski definition) is 1. The normalized spacial score (nSPS) is 17.3. The number of pyridine rings is 1. The first-order valence-corrected chi connectivity index (χ1v) is 9.15. The molecule has 1 unspecified atom stereocenters. The predicted octanol–water partition coefficient (Wildman–Crippen LogP) is 3.34. The monoisotopic (exact) mass is 367 g/mol. The smallest absolute Gasteiger partial charge is 0.231 e. The Morgan fingerprint density at radius 2 is 2.07 bits per heavy atom. The number of aromatic nitrogens is 3. The summed E-state index contributed by atoms with van der Waals surface area (Å²) in [4.78, 5) is 14.9. The van der Waals surface area contributed by atoms with E-state index < -0.39 is 0 Å². The summed E-state index contributed by atoms with van der Waals surface area (Å²) in [5.74, 6) is 0.306. The molecule has 1 aliphatic rings. The van der Waals surface area contributed by atoms with Gasteiger partial charge in [-0.2, -0.15) is 0 Å². The molecule has 1 amide bonds. The summed E-state index contributed by atoms with van der Waals surface area (Å²) < 4.78 is 15.4. The van der Waals surface area contributed by atoms with Gasteiger partial charge in [-0.15, -0.1) is 10.2 Å². The fourth-order valence-electron chi connectivity index (χ4n) is 3.63. The van der Waals surface area contributed by atoms with E-state index in [0.717, 1.165) is 36.7 Å². The van der Waals surface area contributed by atoms with E-state index >= 15 is 0 Å². The number of aryl methyl sites for hydroxylation is 2. The van der Waals surface area contributed by atoms with Gasteiger partial charge in [0, 0.05) is 24.5 Å². The molecule has 0 saturated carbocycles. The van der Waals surface area contributed by atoms with Crippen molar-refractivity contribution >= 4 is 23.2 Å². The number of rotatable bonds is 3. The molecule has 1 atom stereocenters. The van der Waals surface area contributed by atoms with Gasteiger partial charge in [0.1, 0.15) is 5.82 Å². The van der Waals surface area contributed by atoms with Crippen LogP contribution in [-0.2, 0) is 4.79 Å². The van der Waals surface area contributed by atoms with Crippen molar-refractivity contribution < 1.29 is 9.18 Å². The predicted molar refractivity (Wildman–Crippen MR) is 102 cm³/mol. The maximum absolute atomic E-state index is 13.4. The molecule has 0 radical (unpaired) electrons. The molecule has 2 aromatic heterocycles. The van der Waals surface area contributed by atoms with E-state index in [4.69, 9.17) is 0 Å². The third-order valence-corrected chi connectivity index (χ3v) is 5.11. The molecular weight excluding hydrogens is 345 g/mol. The largest absolute Gasteiger partial charge is 0.340 e. The van der Waals surface area contributed by atoms with Gasteiger partial charge in [0.2, 0.25) is 11.9 Å². The highest BCUT2D eigenvalue weighted by Crippen LogP contribution is 2.25. The number of carbonyl (C=O) groups is 1. The second-order valence-corrected chi connectivity index (χ2v) is 7.10. The molecule has 7 heteroatoms. The van der Waals surface area contributed by atoms with Crippen molar-refractivity contribution in [1.29, 1.82) is 0 Å². The van der Waals surface area contributed by atoms with Gasteiger partial charge < -0.3 is 10.2 Å². The summed E-state index contributed by atoms with van der Waals surface area (Å²) in [6.45, 7) is 5.13. The van der Waals surface area contributed by atoms with Gasteiger partial charge >= 0.3 is 0 Å². The lowest BCUT2D eigenvalue weighted by atomic mass is 9.97. The molecular formula is C20H22FN5O. The van der Waals surface area contributed by atoms with Crippen molar-refractivity contribution in [2.45, 2.75) is 26.7 Å². The molecule has 3 heterocycles. The highest BCUT2D eigenvalue weighted by atomic mass is 19.1. The van der Waals surface area contributed by atoms with Gasteiger partial charge in [0.05, 0.1) is 5.92 Å². The minimum Gasteiger partial charge on any atom is -0.340 e. The molecule has 1 saturated heterocycles. The van der Waals surface area contributed by atoms with Crippen LogP contribution >= 0.6 is 0 Å². The maximum atomic E-state index is 13.4. The summed E-state index contributed by atoms with van der Waals surface area (Å²) in [7, 11) is 0. The van der Waals surface area contributed by atoms with Crippen molar-refractivity contribution in [3.63, 3.8) is 0 Å². The van der Waals surface area contributed by atoms with Gasteiger partial charge in [-0.05, 0) is 62.6 Å². The minimum atomic E-state index is -0.272. The summed E-state index contributed by atoms with van der Waals surface area (Å²) >= 11 is 0. The molecule has 27 heavy (non-hydrogen) atoms. The van der Waals surface area contributed by atoms with Crippen molar-refractivity contribution in [2.24, 2.45) is 5.92 Å². The fraction of sp³-hybridized carbons (Fsp3) is 0.350. The Bertz CT molecular complexity index is 999. The van der Waals surface area contributed by atoms with E-state index in [0.29, 0.717) is 17.8 Å². The molecule has 6 nitrogen and oxygen atoms in total. The molecule has 1 aromatic carbocycles. The molecule has 4 rings (SSSR count). The summed E-state index contributed by atoms with van der Waals surface area (Å²) in [5.41, 5.74) is 3.00. The number of nitrogens with zero attached hydrogens (tertiary/aromatic N) is 4. The number of benzene rings is 1. The highest BCUT2D eigenvalue weighted by Gasteiger charge is 2.28. The van der Waals surface area contributed by atoms with Crippen molar-refractivity contribution in [3.8, 4) is 0 Å². The van der Waals surface area contributed by atoms with Crippen LogP contribution in [-0.4, -0.2) is 33.6 Å². The zero-order chi connectivity index (χ0) is 19.0.